The zero-order valence-electron chi connectivity index (χ0n) is 37.8. The number of nitrogens with one attached hydrogen (secondary N) is 6. The van der Waals surface area contributed by atoms with E-state index in [-0.39, 0.29) is 62.5 Å². The summed E-state index contributed by atoms with van der Waals surface area (Å²) in [5.41, 5.74) is 12.8. The number of hydrogen-bond donors (Lipinski definition) is 10. The zero-order chi connectivity index (χ0) is 48.3. The van der Waals surface area contributed by atoms with Crippen LogP contribution in [0.3, 0.4) is 0 Å². The maximum absolute atomic E-state index is 14.6. The highest BCUT2D eigenvalue weighted by Crippen LogP contribution is 2.18. The lowest BCUT2D eigenvalue weighted by Gasteiger charge is -2.32. The number of benzene rings is 3. The van der Waals surface area contributed by atoms with Crippen LogP contribution in [0.15, 0.2) is 83.9 Å². The average molecular weight is 914 g/mol. The topological polar surface area (TPSA) is 306 Å². The number of nitrogens with zero attached hydrogens (tertiary/aromatic N) is 1. The highest BCUT2D eigenvalue weighted by Gasteiger charge is 2.39. The lowest BCUT2D eigenvalue weighted by Crippen LogP contribution is -2.63. The van der Waals surface area contributed by atoms with Gasteiger partial charge in [-0.1, -0.05) is 81.8 Å². The molecule has 5 unspecified atom stereocenters. The fourth-order valence-electron chi connectivity index (χ4n) is 7.18. The minimum Gasteiger partial charge on any atom is -0.508 e. The molecule has 66 heavy (non-hydrogen) atoms. The van der Waals surface area contributed by atoms with Crippen molar-refractivity contribution in [2.24, 2.45) is 22.4 Å². The molecular weight excluding hydrogens is 851 g/mol. The van der Waals surface area contributed by atoms with Gasteiger partial charge in [0.1, 0.15) is 53.9 Å². The number of ether oxygens (including phenoxy) is 1. The molecule has 3 aromatic rings. The Balaban J connectivity index is 1.83. The molecule has 0 aromatic heterocycles. The maximum Gasteiger partial charge on any atom is 0.329 e. The molecule has 1 fully saturated rings. The third-order valence-corrected chi connectivity index (χ3v) is 11.1. The van der Waals surface area contributed by atoms with Crippen molar-refractivity contribution in [3.8, 4) is 11.5 Å². The van der Waals surface area contributed by atoms with E-state index in [0.717, 1.165) is 0 Å². The van der Waals surface area contributed by atoms with Gasteiger partial charge < -0.3 is 58.3 Å². The first-order valence-corrected chi connectivity index (χ1v) is 22.1. The number of cyclic esters (lactones) is 1. The molecule has 6 amide bonds. The average Bonchev–Trinajstić information content (AvgIpc) is 3.28. The molecule has 0 radical (unpaired) electrons. The molecule has 0 saturated carbocycles. The molecule has 4 rings (SSSR count). The van der Waals surface area contributed by atoms with Gasteiger partial charge in [-0.3, -0.25) is 33.8 Å². The number of phenolic OH excluding ortho intramolecular Hbond substituents is 2. The largest absolute Gasteiger partial charge is 0.508 e. The molecule has 12 N–H and O–H groups in total. The van der Waals surface area contributed by atoms with Crippen molar-refractivity contribution >= 4 is 47.4 Å². The third-order valence-electron chi connectivity index (χ3n) is 11.1. The number of guanidine groups is 1. The second kappa shape index (κ2) is 25.3. The monoisotopic (exact) mass is 913 g/mol. The Labute approximate surface area is 384 Å². The van der Waals surface area contributed by atoms with E-state index < -0.39 is 89.7 Å². The van der Waals surface area contributed by atoms with Crippen molar-refractivity contribution in [2.45, 2.75) is 121 Å². The van der Waals surface area contributed by atoms with E-state index in [1.807, 2.05) is 6.92 Å². The minimum atomic E-state index is -1.68. The molecule has 8 atom stereocenters. The summed E-state index contributed by atoms with van der Waals surface area (Å²) in [5.74, 6) is -6.33. The molecule has 0 aliphatic carbocycles. The molecule has 1 saturated heterocycles. The van der Waals surface area contributed by atoms with Crippen molar-refractivity contribution in [3.05, 3.63) is 95.6 Å². The summed E-state index contributed by atoms with van der Waals surface area (Å²) in [6, 6.07) is 12.4. The lowest BCUT2D eigenvalue weighted by atomic mass is 9.97. The quantitative estimate of drug-likeness (QED) is 0.0391. The van der Waals surface area contributed by atoms with E-state index >= 15 is 0 Å². The first-order valence-electron chi connectivity index (χ1n) is 22.1. The van der Waals surface area contributed by atoms with Crippen LogP contribution in [-0.4, -0.2) is 106 Å². The summed E-state index contributed by atoms with van der Waals surface area (Å²) in [7, 11) is 0. The van der Waals surface area contributed by atoms with Crippen molar-refractivity contribution in [2.75, 3.05) is 6.54 Å². The third kappa shape index (κ3) is 16.1. The van der Waals surface area contributed by atoms with Gasteiger partial charge in [-0.25, -0.2) is 4.79 Å². The van der Waals surface area contributed by atoms with Crippen LogP contribution in [0.25, 0.3) is 0 Å². The van der Waals surface area contributed by atoms with Gasteiger partial charge in [-0.15, -0.1) is 0 Å². The van der Waals surface area contributed by atoms with Crippen LogP contribution in [0.2, 0.25) is 0 Å². The van der Waals surface area contributed by atoms with Crippen LogP contribution in [-0.2, 0) is 57.6 Å². The van der Waals surface area contributed by atoms with Gasteiger partial charge in [0.05, 0.1) is 0 Å². The van der Waals surface area contributed by atoms with Crippen molar-refractivity contribution < 1.29 is 48.5 Å². The van der Waals surface area contributed by atoms with Crippen molar-refractivity contribution in [1.29, 1.82) is 0 Å². The maximum atomic E-state index is 14.6. The van der Waals surface area contributed by atoms with E-state index in [0.29, 0.717) is 29.5 Å². The van der Waals surface area contributed by atoms with Crippen LogP contribution in [0, 0.1) is 5.92 Å². The van der Waals surface area contributed by atoms with Gasteiger partial charge in [-0.2, -0.15) is 0 Å². The summed E-state index contributed by atoms with van der Waals surface area (Å²) >= 11 is 0. The number of rotatable bonds is 17. The second-order valence-electron chi connectivity index (χ2n) is 16.4. The number of carbonyl (C=O) groups is 7. The summed E-state index contributed by atoms with van der Waals surface area (Å²) < 4.78 is 5.92. The molecule has 19 nitrogen and oxygen atoms in total. The van der Waals surface area contributed by atoms with Crippen LogP contribution in [0.4, 0.5) is 0 Å². The van der Waals surface area contributed by atoms with E-state index in [9.17, 15) is 43.8 Å². The Hall–Kier alpha value is -7.18. The van der Waals surface area contributed by atoms with Crippen LogP contribution in [0.5, 0.6) is 11.5 Å². The predicted octanol–water partition coefficient (Wildman–Crippen LogP) is 0.880. The smallest absolute Gasteiger partial charge is 0.329 e. The van der Waals surface area contributed by atoms with Gasteiger partial charge in [0.15, 0.2) is 5.96 Å². The van der Waals surface area contributed by atoms with Gasteiger partial charge >= 0.3 is 5.97 Å². The van der Waals surface area contributed by atoms with Crippen LogP contribution >= 0.6 is 0 Å². The first-order chi connectivity index (χ1) is 31.5. The Morgan fingerprint density at radius 2 is 1.27 bits per heavy atom. The van der Waals surface area contributed by atoms with Crippen molar-refractivity contribution in [3.63, 3.8) is 0 Å². The fraction of sp³-hybridized carbons (Fsp3) is 0.447. The normalized spacial score (nSPS) is 21.7. The van der Waals surface area contributed by atoms with Crippen LogP contribution < -0.4 is 43.4 Å². The minimum absolute atomic E-state index is 0.0288. The molecule has 1 heterocycles. The summed E-state index contributed by atoms with van der Waals surface area (Å²) in [6.45, 7) is 6.76. The number of nitrogens with two attached hydrogens (primary N) is 2. The molecule has 0 spiro atoms. The molecular formula is C47H63N9O10. The molecule has 1 aliphatic heterocycles. The van der Waals surface area contributed by atoms with Crippen LogP contribution in [0.1, 0.15) is 76.5 Å². The molecule has 1 aliphatic rings. The van der Waals surface area contributed by atoms with Gasteiger partial charge in [0.2, 0.25) is 35.4 Å². The number of aromatic hydroxyl groups is 2. The fourth-order valence-corrected chi connectivity index (χ4v) is 7.18. The number of hydrogen-bond acceptors (Lipinski definition) is 11. The summed E-state index contributed by atoms with van der Waals surface area (Å²) in [6.07, 6.45) is -0.525. The standard InChI is InChI=1S/C47H63N9O10/c1-5-11-38(59)51-35(24-29-12-8-7-9-13-29)43(62)56-40-28(4)66-46(65)39(27(3)6-2)55-44(63)37(26-31-17-21-33(58)22-18-31)53-41(60)34(14-10-23-50-47(48)49)52-42(61)36(54-45(40)64)25-30-15-19-32(57)20-16-30/h7-9,12-13,15-22,27-28,34-37,39-40,57-58H,5-6,10-11,14,23-26H2,1-4H3,(H,51,59)(H,52,61)(H,53,60)(H,54,64)(H,55,63)(H,56,62)(H4,48,49,50)/t27?,28-,34?,35?,36?,37?,39-,40+/m0/s1. The molecule has 0 bridgehead atoms. The highest BCUT2D eigenvalue weighted by atomic mass is 16.5. The van der Waals surface area contributed by atoms with E-state index in [1.165, 1.54) is 43.3 Å². The van der Waals surface area contributed by atoms with E-state index in [1.54, 1.807) is 56.3 Å². The SMILES string of the molecule is CCCC(=O)NC(Cc1ccccc1)C(=O)N[C@H]1C(=O)NC(Cc2ccc(O)cc2)C(=O)NC(CCCN=C(N)N)C(=O)NC(Cc2ccc(O)cc2)C(=O)N[C@@H](C(C)CC)C(=O)O[C@H]1C. The number of phenols is 2. The van der Waals surface area contributed by atoms with Gasteiger partial charge in [0.25, 0.3) is 0 Å². The Kier molecular flexibility index (Phi) is 19.8. The summed E-state index contributed by atoms with van der Waals surface area (Å²) in [5, 5.41) is 36.2. The Bertz CT molecular complexity index is 2150. The van der Waals surface area contributed by atoms with Gasteiger partial charge in [0, 0.05) is 32.2 Å². The Morgan fingerprint density at radius 1 is 0.742 bits per heavy atom. The van der Waals surface area contributed by atoms with Gasteiger partial charge in [-0.05, 0) is 73.1 Å². The highest BCUT2D eigenvalue weighted by molar-refractivity contribution is 5.97. The second-order valence-corrected chi connectivity index (χ2v) is 16.4. The van der Waals surface area contributed by atoms with E-state index in [2.05, 4.69) is 36.9 Å². The lowest BCUT2D eigenvalue weighted by molar-refractivity contribution is -0.157. The molecule has 3 aromatic carbocycles. The first kappa shape index (κ1) is 51.5. The number of carbonyl (C=O) groups excluding carboxylic acids is 7. The molecule has 356 valence electrons. The number of aliphatic imine (C=N–C) groups is 1. The molecule has 19 heteroatoms. The van der Waals surface area contributed by atoms with E-state index in [4.69, 9.17) is 16.2 Å². The number of esters is 1. The Morgan fingerprint density at radius 3 is 1.82 bits per heavy atom. The summed E-state index contributed by atoms with van der Waals surface area (Å²) in [4.78, 5) is 103. The zero-order valence-corrected chi connectivity index (χ0v) is 37.8. The number of amides is 6. The predicted molar refractivity (Wildman–Crippen MR) is 245 cm³/mol. The van der Waals surface area contributed by atoms with Crippen molar-refractivity contribution in [1.82, 2.24) is 31.9 Å².